The SMILES string of the molecule is CC(=O)NCC(C)Oc1cccc2ncnc(Nc3ccc(OCc4cscn4)c(C)c3)c12. The van der Waals surface area contributed by atoms with Gasteiger partial charge in [-0.2, -0.15) is 0 Å². The van der Waals surface area contributed by atoms with Gasteiger partial charge in [-0.25, -0.2) is 15.0 Å². The van der Waals surface area contributed by atoms with Gasteiger partial charge in [0.15, 0.2) is 0 Å². The first-order valence-electron chi connectivity index (χ1n) is 10.5. The quantitative estimate of drug-likeness (QED) is 0.374. The molecule has 1 unspecified atom stereocenters. The number of carbonyl (C=O) groups is 1. The summed E-state index contributed by atoms with van der Waals surface area (Å²) < 4.78 is 12.0. The zero-order chi connectivity index (χ0) is 23.2. The van der Waals surface area contributed by atoms with Gasteiger partial charge in [-0.3, -0.25) is 4.79 Å². The first-order chi connectivity index (χ1) is 16.0. The highest BCUT2D eigenvalue weighted by Crippen LogP contribution is 2.33. The number of amides is 1. The number of ether oxygens (including phenoxy) is 2. The maximum atomic E-state index is 11.2. The van der Waals surface area contributed by atoms with Crippen LogP contribution in [0.3, 0.4) is 0 Å². The minimum Gasteiger partial charge on any atom is -0.488 e. The van der Waals surface area contributed by atoms with E-state index in [0.717, 1.165) is 33.6 Å². The van der Waals surface area contributed by atoms with Gasteiger partial charge < -0.3 is 20.1 Å². The van der Waals surface area contributed by atoms with E-state index in [2.05, 4.69) is 25.6 Å². The summed E-state index contributed by atoms with van der Waals surface area (Å²) in [6.45, 7) is 6.23. The third-order valence-corrected chi connectivity index (χ3v) is 5.52. The lowest BCUT2D eigenvalue weighted by molar-refractivity contribution is -0.119. The molecule has 0 aliphatic carbocycles. The fourth-order valence-electron chi connectivity index (χ4n) is 3.30. The zero-order valence-corrected chi connectivity index (χ0v) is 19.5. The molecule has 0 spiro atoms. The molecule has 9 heteroatoms. The molecule has 4 rings (SSSR count). The maximum absolute atomic E-state index is 11.2. The number of benzene rings is 2. The van der Waals surface area contributed by atoms with E-state index >= 15 is 0 Å². The Morgan fingerprint density at radius 2 is 2.03 bits per heavy atom. The van der Waals surface area contributed by atoms with Crippen molar-refractivity contribution in [3.63, 3.8) is 0 Å². The summed E-state index contributed by atoms with van der Waals surface area (Å²) in [7, 11) is 0. The number of carbonyl (C=O) groups excluding carboxylic acids is 1. The molecule has 0 fully saturated rings. The molecule has 0 saturated heterocycles. The van der Waals surface area contributed by atoms with Gasteiger partial charge in [-0.05, 0) is 49.7 Å². The number of hydrogen-bond acceptors (Lipinski definition) is 8. The zero-order valence-electron chi connectivity index (χ0n) is 18.7. The Balaban J connectivity index is 1.54. The molecular formula is C24H25N5O3S. The normalized spacial score (nSPS) is 11.7. The van der Waals surface area contributed by atoms with Gasteiger partial charge in [-0.1, -0.05) is 6.07 Å². The van der Waals surface area contributed by atoms with Crippen LogP contribution in [0.2, 0.25) is 0 Å². The maximum Gasteiger partial charge on any atom is 0.217 e. The number of anilines is 2. The Bertz CT molecular complexity index is 1240. The average Bonchev–Trinajstić information content (AvgIpc) is 3.31. The summed E-state index contributed by atoms with van der Waals surface area (Å²) in [4.78, 5) is 24.3. The second-order valence-corrected chi connectivity index (χ2v) is 8.33. The van der Waals surface area contributed by atoms with Crippen LogP contribution in [0.25, 0.3) is 10.9 Å². The van der Waals surface area contributed by atoms with Gasteiger partial charge in [0, 0.05) is 18.0 Å². The van der Waals surface area contributed by atoms with Crippen LogP contribution in [0.5, 0.6) is 11.5 Å². The predicted octanol–water partition coefficient (Wildman–Crippen LogP) is 4.62. The van der Waals surface area contributed by atoms with Crippen LogP contribution in [0.4, 0.5) is 11.5 Å². The Kier molecular flexibility index (Phi) is 6.99. The third-order valence-electron chi connectivity index (χ3n) is 4.89. The van der Waals surface area contributed by atoms with Gasteiger partial charge in [0.2, 0.25) is 5.91 Å². The van der Waals surface area contributed by atoms with Crippen LogP contribution in [0.15, 0.2) is 53.6 Å². The van der Waals surface area contributed by atoms with Crippen molar-refractivity contribution < 1.29 is 14.3 Å². The van der Waals surface area contributed by atoms with Crippen LogP contribution in [-0.2, 0) is 11.4 Å². The molecule has 1 atom stereocenters. The second-order valence-electron chi connectivity index (χ2n) is 7.61. The molecule has 4 aromatic rings. The number of aromatic nitrogens is 3. The summed E-state index contributed by atoms with van der Waals surface area (Å²) >= 11 is 1.55. The van der Waals surface area contributed by atoms with Crippen molar-refractivity contribution in [1.29, 1.82) is 0 Å². The van der Waals surface area contributed by atoms with E-state index < -0.39 is 0 Å². The van der Waals surface area contributed by atoms with Crippen LogP contribution in [0, 0.1) is 6.92 Å². The topological polar surface area (TPSA) is 98.3 Å². The molecule has 0 saturated carbocycles. The lowest BCUT2D eigenvalue weighted by Crippen LogP contribution is -2.32. The van der Waals surface area contributed by atoms with Crippen molar-refractivity contribution in [2.24, 2.45) is 0 Å². The van der Waals surface area contributed by atoms with E-state index in [-0.39, 0.29) is 12.0 Å². The van der Waals surface area contributed by atoms with Crippen LogP contribution in [0.1, 0.15) is 25.1 Å². The summed E-state index contributed by atoms with van der Waals surface area (Å²) in [5.41, 5.74) is 5.33. The van der Waals surface area contributed by atoms with Crippen molar-refractivity contribution in [3.05, 3.63) is 64.9 Å². The van der Waals surface area contributed by atoms with Gasteiger partial charge in [0.05, 0.1) is 28.7 Å². The highest BCUT2D eigenvalue weighted by atomic mass is 32.1. The molecule has 0 bridgehead atoms. The Hall–Kier alpha value is -3.72. The van der Waals surface area contributed by atoms with E-state index in [0.29, 0.717) is 24.7 Å². The van der Waals surface area contributed by atoms with Crippen LogP contribution >= 0.6 is 11.3 Å². The van der Waals surface area contributed by atoms with E-state index in [4.69, 9.17) is 9.47 Å². The highest BCUT2D eigenvalue weighted by Gasteiger charge is 2.14. The van der Waals surface area contributed by atoms with E-state index in [9.17, 15) is 4.79 Å². The number of thiazole rings is 1. The Labute approximate surface area is 196 Å². The summed E-state index contributed by atoms with van der Waals surface area (Å²) in [6, 6.07) is 11.6. The lowest BCUT2D eigenvalue weighted by atomic mass is 10.1. The summed E-state index contributed by atoms with van der Waals surface area (Å²) in [6.07, 6.45) is 1.30. The van der Waals surface area contributed by atoms with Crippen LogP contribution in [-0.4, -0.2) is 33.5 Å². The van der Waals surface area contributed by atoms with Gasteiger partial charge >= 0.3 is 0 Å². The van der Waals surface area contributed by atoms with E-state index in [1.54, 1.807) is 16.8 Å². The van der Waals surface area contributed by atoms with Crippen molar-refractivity contribution in [2.45, 2.75) is 33.5 Å². The first-order valence-corrected chi connectivity index (χ1v) is 11.5. The Morgan fingerprint density at radius 3 is 2.79 bits per heavy atom. The molecule has 8 nitrogen and oxygen atoms in total. The molecule has 2 aromatic carbocycles. The number of nitrogens with zero attached hydrogens (tertiary/aromatic N) is 3. The number of rotatable bonds is 9. The third kappa shape index (κ3) is 5.75. The van der Waals surface area contributed by atoms with Crippen molar-refractivity contribution in [1.82, 2.24) is 20.3 Å². The monoisotopic (exact) mass is 463 g/mol. The minimum absolute atomic E-state index is 0.0940. The predicted molar refractivity (Wildman–Crippen MR) is 129 cm³/mol. The summed E-state index contributed by atoms with van der Waals surface area (Å²) in [5, 5.41) is 8.90. The molecule has 0 radical (unpaired) electrons. The van der Waals surface area contributed by atoms with Crippen molar-refractivity contribution in [3.8, 4) is 11.5 Å². The molecule has 0 aliphatic rings. The molecule has 0 aliphatic heterocycles. The molecule has 33 heavy (non-hydrogen) atoms. The fraction of sp³-hybridized carbons (Fsp3) is 0.250. The molecule has 2 heterocycles. The number of aryl methyl sites for hydroxylation is 1. The van der Waals surface area contributed by atoms with Gasteiger partial charge in [0.25, 0.3) is 0 Å². The largest absolute Gasteiger partial charge is 0.488 e. The molecule has 2 aromatic heterocycles. The molecule has 170 valence electrons. The van der Waals surface area contributed by atoms with Crippen LogP contribution < -0.4 is 20.1 Å². The number of fused-ring (bicyclic) bond motifs is 1. The standard InChI is InChI=1S/C24H25N5O3S/c1-15-9-18(7-8-21(15)31-11-19-12-33-14-28-19)29-24-23-20(26-13-27-24)5-4-6-22(23)32-16(2)10-25-17(3)30/h4-9,12-14,16H,10-11H2,1-3H3,(H,25,30)(H,26,27,29). The van der Waals surface area contributed by atoms with Crippen molar-refractivity contribution in [2.75, 3.05) is 11.9 Å². The minimum atomic E-state index is -0.219. The molecule has 2 N–H and O–H groups in total. The van der Waals surface area contributed by atoms with Gasteiger partial charge in [-0.15, -0.1) is 11.3 Å². The molecule has 1 amide bonds. The number of hydrogen-bond donors (Lipinski definition) is 2. The Morgan fingerprint density at radius 1 is 1.15 bits per heavy atom. The van der Waals surface area contributed by atoms with E-state index in [1.807, 2.05) is 55.6 Å². The average molecular weight is 464 g/mol. The van der Waals surface area contributed by atoms with E-state index in [1.165, 1.54) is 13.3 Å². The number of nitrogens with one attached hydrogen (secondary N) is 2. The first kappa shape index (κ1) is 22.5. The smallest absolute Gasteiger partial charge is 0.217 e. The fourth-order valence-corrected chi connectivity index (χ4v) is 3.85. The molecular weight excluding hydrogens is 438 g/mol. The second kappa shape index (κ2) is 10.3. The van der Waals surface area contributed by atoms with Gasteiger partial charge in [0.1, 0.15) is 36.4 Å². The lowest BCUT2D eigenvalue weighted by Gasteiger charge is -2.18. The highest BCUT2D eigenvalue weighted by molar-refractivity contribution is 7.07. The summed E-state index contributed by atoms with van der Waals surface area (Å²) in [5.74, 6) is 1.99. The van der Waals surface area contributed by atoms with Crippen molar-refractivity contribution >= 4 is 39.7 Å².